The number of aryl methyl sites for hydroxylation is 1. The van der Waals surface area contributed by atoms with Crippen molar-refractivity contribution >= 4 is 23.1 Å². The minimum Gasteiger partial charge on any atom is -0.396 e. The Hall–Kier alpha value is -1.74. The van der Waals surface area contributed by atoms with Gasteiger partial charge in [-0.1, -0.05) is 23.7 Å². The van der Waals surface area contributed by atoms with E-state index in [1.165, 1.54) is 0 Å². The van der Waals surface area contributed by atoms with Gasteiger partial charge in [-0.15, -0.1) is 0 Å². The Labute approximate surface area is 106 Å². The maximum Gasteiger partial charge on any atom is 0.149 e. The second-order valence-corrected chi connectivity index (χ2v) is 4.37. The first-order valence-corrected chi connectivity index (χ1v) is 5.73. The van der Waals surface area contributed by atoms with Crippen molar-refractivity contribution in [3.63, 3.8) is 0 Å². The Morgan fingerprint density at radius 2 is 2.18 bits per heavy atom. The summed E-state index contributed by atoms with van der Waals surface area (Å²) < 4.78 is 0. The van der Waals surface area contributed by atoms with Crippen LogP contribution in [0.2, 0.25) is 5.02 Å². The van der Waals surface area contributed by atoms with Crippen LogP contribution in [-0.4, -0.2) is 4.98 Å². The molecule has 0 aliphatic carbocycles. The van der Waals surface area contributed by atoms with Crippen molar-refractivity contribution in [1.82, 2.24) is 4.98 Å². The number of nitrogens with two attached hydrogens (primary N) is 1. The predicted molar refractivity (Wildman–Crippen MR) is 72.2 cm³/mol. The number of hydrogen-bond donors (Lipinski definition) is 2. The molecule has 0 bridgehead atoms. The second-order valence-electron chi connectivity index (χ2n) is 3.93. The Kier molecular flexibility index (Phi) is 3.49. The van der Waals surface area contributed by atoms with Gasteiger partial charge in [0.25, 0.3) is 0 Å². The molecule has 88 valence electrons. The molecule has 0 aliphatic heterocycles. The number of hydrogen-bond acceptors (Lipinski definition) is 3. The van der Waals surface area contributed by atoms with Gasteiger partial charge in [-0.3, -0.25) is 0 Å². The zero-order valence-corrected chi connectivity index (χ0v) is 10.3. The van der Waals surface area contributed by atoms with Crippen molar-refractivity contribution in [3.05, 3.63) is 52.7 Å². The number of rotatable bonds is 3. The molecule has 3 nitrogen and oxygen atoms in total. The lowest BCUT2D eigenvalue weighted by molar-refractivity contribution is 1.11. The van der Waals surface area contributed by atoms with Gasteiger partial charge in [0.2, 0.25) is 0 Å². The molecule has 0 atom stereocenters. The van der Waals surface area contributed by atoms with E-state index < -0.39 is 0 Å². The highest BCUT2D eigenvalue weighted by atomic mass is 35.5. The van der Waals surface area contributed by atoms with E-state index in [0.717, 1.165) is 16.1 Å². The summed E-state index contributed by atoms with van der Waals surface area (Å²) in [4.78, 5) is 4.25. The first-order chi connectivity index (χ1) is 8.15. The minimum atomic E-state index is 0.654. The summed E-state index contributed by atoms with van der Waals surface area (Å²) in [5, 5.41) is 3.92. The zero-order chi connectivity index (χ0) is 12.3. The number of benzene rings is 1. The highest BCUT2D eigenvalue weighted by Gasteiger charge is 2.01. The van der Waals surface area contributed by atoms with Gasteiger partial charge >= 0.3 is 0 Å². The summed E-state index contributed by atoms with van der Waals surface area (Å²) in [6.45, 7) is 2.62. The maximum absolute atomic E-state index is 5.91. The van der Waals surface area contributed by atoms with Crippen molar-refractivity contribution in [2.45, 2.75) is 13.5 Å². The summed E-state index contributed by atoms with van der Waals surface area (Å²) in [6, 6.07) is 9.59. The fourth-order valence-corrected chi connectivity index (χ4v) is 1.79. The molecule has 1 heterocycles. The van der Waals surface area contributed by atoms with Crippen LogP contribution in [0, 0.1) is 6.92 Å². The van der Waals surface area contributed by atoms with Gasteiger partial charge in [0.1, 0.15) is 5.82 Å². The average molecular weight is 248 g/mol. The molecule has 1 aromatic carbocycles. The molecule has 4 heteroatoms. The van der Waals surface area contributed by atoms with Gasteiger partial charge in [-0.05, 0) is 36.2 Å². The van der Waals surface area contributed by atoms with Crippen LogP contribution in [0.4, 0.5) is 11.5 Å². The number of nitrogens with one attached hydrogen (secondary N) is 1. The molecule has 0 saturated heterocycles. The van der Waals surface area contributed by atoms with Gasteiger partial charge in [-0.2, -0.15) is 0 Å². The highest BCUT2D eigenvalue weighted by molar-refractivity contribution is 6.30. The largest absolute Gasteiger partial charge is 0.396 e. The van der Waals surface area contributed by atoms with E-state index in [-0.39, 0.29) is 0 Å². The number of halogens is 1. The van der Waals surface area contributed by atoms with Crippen LogP contribution in [0.25, 0.3) is 0 Å². The third kappa shape index (κ3) is 3.11. The molecule has 0 aliphatic rings. The molecule has 2 aromatic rings. The van der Waals surface area contributed by atoms with Crippen LogP contribution >= 0.6 is 11.6 Å². The van der Waals surface area contributed by atoms with E-state index in [4.69, 9.17) is 17.3 Å². The van der Waals surface area contributed by atoms with Crippen LogP contribution < -0.4 is 11.1 Å². The second kappa shape index (κ2) is 5.06. The molecule has 1 aromatic heterocycles. The maximum atomic E-state index is 5.91. The minimum absolute atomic E-state index is 0.654. The molecule has 2 rings (SSSR count). The lowest BCUT2D eigenvalue weighted by atomic mass is 10.2. The van der Waals surface area contributed by atoms with Crippen LogP contribution in [0.3, 0.4) is 0 Å². The summed E-state index contributed by atoms with van der Waals surface area (Å²) >= 11 is 5.91. The fourth-order valence-electron chi connectivity index (χ4n) is 1.57. The van der Waals surface area contributed by atoms with Gasteiger partial charge in [0, 0.05) is 17.8 Å². The molecule has 0 unspecified atom stereocenters. The SMILES string of the molecule is Cc1cnc(NCc2cccc(Cl)c2)c(N)c1. The summed E-state index contributed by atoms with van der Waals surface area (Å²) in [5.74, 6) is 0.704. The lowest BCUT2D eigenvalue weighted by Crippen LogP contribution is -2.04. The van der Waals surface area contributed by atoms with Crippen molar-refractivity contribution in [2.75, 3.05) is 11.1 Å². The van der Waals surface area contributed by atoms with Crippen LogP contribution in [0.15, 0.2) is 36.5 Å². The number of nitrogens with zero attached hydrogens (tertiary/aromatic N) is 1. The predicted octanol–water partition coefficient (Wildman–Crippen LogP) is 3.24. The molecular weight excluding hydrogens is 234 g/mol. The van der Waals surface area contributed by atoms with Crippen molar-refractivity contribution in [3.8, 4) is 0 Å². The zero-order valence-electron chi connectivity index (χ0n) is 9.57. The molecule has 0 saturated carbocycles. The number of aromatic nitrogens is 1. The Morgan fingerprint density at radius 3 is 2.88 bits per heavy atom. The van der Waals surface area contributed by atoms with E-state index in [9.17, 15) is 0 Å². The Morgan fingerprint density at radius 1 is 1.35 bits per heavy atom. The van der Waals surface area contributed by atoms with Crippen LogP contribution in [0.5, 0.6) is 0 Å². The first-order valence-electron chi connectivity index (χ1n) is 5.35. The normalized spacial score (nSPS) is 10.2. The summed E-state index contributed by atoms with van der Waals surface area (Å²) in [7, 11) is 0. The molecule has 3 N–H and O–H groups in total. The van der Waals surface area contributed by atoms with E-state index in [1.807, 2.05) is 37.3 Å². The highest BCUT2D eigenvalue weighted by Crippen LogP contribution is 2.17. The smallest absolute Gasteiger partial charge is 0.149 e. The van der Waals surface area contributed by atoms with Crippen molar-refractivity contribution in [2.24, 2.45) is 0 Å². The van der Waals surface area contributed by atoms with E-state index in [2.05, 4.69) is 10.3 Å². The van der Waals surface area contributed by atoms with Gasteiger partial charge < -0.3 is 11.1 Å². The number of anilines is 2. The monoisotopic (exact) mass is 247 g/mol. The molecule has 0 amide bonds. The molecule has 0 spiro atoms. The Bertz CT molecular complexity index is 526. The van der Waals surface area contributed by atoms with Gasteiger partial charge in [-0.25, -0.2) is 4.98 Å². The number of pyridine rings is 1. The van der Waals surface area contributed by atoms with Crippen LogP contribution in [0.1, 0.15) is 11.1 Å². The van der Waals surface area contributed by atoms with Crippen LogP contribution in [-0.2, 0) is 6.54 Å². The molecule has 0 radical (unpaired) electrons. The third-order valence-corrected chi connectivity index (χ3v) is 2.64. The number of nitrogen functional groups attached to an aromatic ring is 1. The Balaban J connectivity index is 2.07. The lowest BCUT2D eigenvalue weighted by Gasteiger charge is -2.09. The topological polar surface area (TPSA) is 50.9 Å². The van der Waals surface area contributed by atoms with E-state index in [1.54, 1.807) is 6.20 Å². The average Bonchev–Trinajstić information content (AvgIpc) is 2.28. The molecular formula is C13H14ClN3. The first kappa shape index (κ1) is 11.7. The van der Waals surface area contributed by atoms with E-state index in [0.29, 0.717) is 18.1 Å². The van der Waals surface area contributed by atoms with Gasteiger partial charge in [0.15, 0.2) is 0 Å². The standard InChI is InChI=1S/C13H14ClN3/c1-9-5-12(15)13(16-7-9)17-8-10-3-2-4-11(14)6-10/h2-7H,8,15H2,1H3,(H,16,17). The summed E-state index contributed by atoms with van der Waals surface area (Å²) in [5.41, 5.74) is 8.67. The summed E-state index contributed by atoms with van der Waals surface area (Å²) in [6.07, 6.45) is 1.79. The fraction of sp³-hybridized carbons (Fsp3) is 0.154. The molecule has 0 fully saturated rings. The molecule has 17 heavy (non-hydrogen) atoms. The van der Waals surface area contributed by atoms with Crippen molar-refractivity contribution in [1.29, 1.82) is 0 Å². The van der Waals surface area contributed by atoms with Gasteiger partial charge in [0.05, 0.1) is 5.69 Å². The van der Waals surface area contributed by atoms with Crippen molar-refractivity contribution < 1.29 is 0 Å². The quantitative estimate of drug-likeness (QED) is 0.876. The van der Waals surface area contributed by atoms with E-state index >= 15 is 0 Å². The third-order valence-electron chi connectivity index (χ3n) is 2.40.